The Labute approximate surface area is 156 Å². The molecule has 1 spiro atoms. The molecule has 4 nitrogen and oxygen atoms in total. The van der Waals surface area contributed by atoms with Crippen molar-refractivity contribution in [1.29, 1.82) is 0 Å². The lowest BCUT2D eigenvalue weighted by molar-refractivity contribution is -0.00258. The maximum absolute atomic E-state index is 13.0. The maximum Gasteiger partial charge on any atom is 0.263 e. The van der Waals surface area contributed by atoms with Crippen molar-refractivity contribution in [3.8, 4) is 0 Å². The maximum atomic E-state index is 13.0. The van der Waals surface area contributed by atoms with E-state index in [1.165, 1.54) is 57.8 Å². The molecule has 0 aromatic carbocycles. The molecule has 4 rings (SSSR count). The number of aromatic nitrogens is 1. The first-order chi connectivity index (χ1) is 12.5. The predicted molar refractivity (Wildman–Crippen MR) is 103 cm³/mol. The van der Waals surface area contributed by atoms with Gasteiger partial charge < -0.3 is 9.47 Å². The van der Waals surface area contributed by atoms with Gasteiger partial charge in [-0.05, 0) is 74.8 Å². The van der Waals surface area contributed by atoms with Crippen LogP contribution in [-0.4, -0.2) is 28.5 Å². The second-order valence-electron chi connectivity index (χ2n) is 9.03. The van der Waals surface area contributed by atoms with Gasteiger partial charge >= 0.3 is 0 Å². The van der Waals surface area contributed by atoms with Crippen molar-refractivity contribution in [3.05, 3.63) is 34.2 Å². The average molecular weight is 357 g/mol. The molecule has 2 unspecified atom stereocenters. The van der Waals surface area contributed by atoms with Gasteiger partial charge in [0.15, 0.2) is 0 Å². The molecule has 4 heteroatoms. The van der Waals surface area contributed by atoms with Crippen molar-refractivity contribution in [2.75, 3.05) is 7.05 Å². The van der Waals surface area contributed by atoms with Crippen LogP contribution in [0.15, 0.2) is 23.1 Å². The lowest BCUT2D eigenvalue weighted by atomic mass is 9.55. The van der Waals surface area contributed by atoms with Crippen LogP contribution in [0.2, 0.25) is 0 Å². The van der Waals surface area contributed by atoms with E-state index in [9.17, 15) is 9.59 Å². The molecule has 0 saturated heterocycles. The highest BCUT2D eigenvalue weighted by Crippen LogP contribution is 2.55. The van der Waals surface area contributed by atoms with Crippen LogP contribution in [0.3, 0.4) is 0 Å². The third-order valence-corrected chi connectivity index (χ3v) is 7.60. The molecule has 1 aromatic rings. The lowest BCUT2D eigenvalue weighted by Crippen LogP contribution is -2.44. The minimum absolute atomic E-state index is 0.104. The van der Waals surface area contributed by atoms with Gasteiger partial charge in [0.2, 0.25) is 0 Å². The van der Waals surface area contributed by atoms with Crippen LogP contribution in [0.4, 0.5) is 0 Å². The van der Waals surface area contributed by atoms with E-state index in [0.717, 1.165) is 6.54 Å². The molecule has 142 valence electrons. The van der Waals surface area contributed by atoms with Crippen LogP contribution >= 0.6 is 0 Å². The minimum Gasteiger partial charge on any atom is -0.339 e. The number of rotatable bonds is 5. The summed E-state index contributed by atoms with van der Waals surface area (Å²) in [6, 6.07) is 3.80. The number of carbonyl (C=O) groups excluding carboxylic acids is 1. The average Bonchev–Trinajstić information content (AvgIpc) is 3.46. The number of nitrogens with zero attached hydrogens (tertiary/aromatic N) is 2. The van der Waals surface area contributed by atoms with Crippen LogP contribution in [-0.2, 0) is 6.54 Å². The van der Waals surface area contributed by atoms with Crippen molar-refractivity contribution in [2.24, 2.45) is 17.3 Å². The van der Waals surface area contributed by atoms with E-state index in [0.29, 0.717) is 22.8 Å². The molecule has 3 aliphatic rings. The second kappa shape index (κ2) is 6.86. The Hall–Kier alpha value is -1.58. The van der Waals surface area contributed by atoms with Crippen molar-refractivity contribution >= 4 is 5.91 Å². The fraction of sp³-hybridized carbons (Fsp3) is 0.727. The van der Waals surface area contributed by atoms with Crippen LogP contribution < -0.4 is 5.56 Å². The fourth-order valence-corrected chi connectivity index (χ4v) is 5.30. The molecule has 1 aromatic heterocycles. The summed E-state index contributed by atoms with van der Waals surface area (Å²) in [4.78, 5) is 27.7. The topological polar surface area (TPSA) is 42.3 Å². The smallest absolute Gasteiger partial charge is 0.263 e. The zero-order chi connectivity index (χ0) is 18.3. The van der Waals surface area contributed by atoms with Crippen molar-refractivity contribution < 1.29 is 4.79 Å². The SMILES string of the molecule is CC(C1CC1)N(C)C(=O)c1cccn(CC2CCCCC23CCC3)c1=O. The molecular weight excluding hydrogens is 324 g/mol. The molecule has 3 fully saturated rings. The first kappa shape index (κ1) is 17.8. The minimum atomic E-state index is -0.120. The van der Waals surface area contributed by atoms with Gasteiger partial charge in [0.1, 0.15) is 5.56 Å². The summed E-state index contributed by atoms with van der Waals surface area (Å²) >= 11 is 0. The van der Waals surface area contributed by atoms with Crippen LogP contribution in [0.25, 0.3) is 0 Å². The van der Waals surface area contributed by atoms with E-state index in [2.05, 4.69) is 6.92 Å². The Morgan fingerprint density at radius 1 is 1.23 bits per heavy atom. The van der Waals surface area contributed by atoms with E-state index in [1.807, 2.05) is 23.9 Å². The molecule has 0 radical (unpaired) electrons. The molecular formula is C22H32N2O2. The third-order valence-electron chi connectivity index (χ3n) is 7.60. The number of hydrogen-bond donors (Lipinski definition) is 0. The largest absolute Gasteiger partial charge is 0.339 e. The summed E-state index contributed by atoms with van der Waals surface area (Å²) in [6.45, 7) is 2.88. The number of amides is 1. The van der Waals surface area contributed by atoms with Gasteiger partial charge in [-0.1, -0.05) is 19.3 Å². The highest BCUT2D eigenvalue weighted by atomic mass is 16.2. The first-order valence-electron chi connectivity index (χ1n) is 10.5. The molecule has 1 heterocycles. The quantitative estimate of drug-likeness (QED) is 0.798. The van der Waals surface area contributed by atoms with Crippen molar-refractivity contribution in [3.63, 3.8) is 0 Å². The lowest BCUT2D eigenvalue weighted by Gasteiger charge is -2.51. The van der Waals surface area contributed by atoms with Gasteiger partial charge in [0.05, 0.1) is 0 Å². The standard InChI is InChI=1S/C22H32N2O2/c1-16(17-9-10-17)23(2)20(25)19-8-5-14-24(21(19)26)15-18-7-3-4-11-22(18)12-6-13-22/h5,8,14,16-18H,3-4,6-7,9-13,15H2,1-2H3. The van der Waals surface area contributed by atoms with E-state index in [-0.39, 0.29) is 17.5 Å². The van der Waals surface area contributed by atoms with Gasteiger partial charge in [0.25, 0.3) is 11.5 Å². The Kier molecular flexibility index (Phi) is 4.70. The van der Waals surface area contributed by atoms with E-state index < -0.39 is 0 Å². The highest BCUT2D eigenvalue weighted by molar-refractivity contribution is 5.93. The number of pyridine rings is 1. The van der Waals surface area contributed by atoms with Gasteiger partial charge in [-0.25, -0.2) is 0 Å². The van der Waals surface area contributed by atoms with Crippen molar-refractivity contribution in [1.82, 2.24) is 9.47 Å². The summed E-state index contributed by atoms with van der Waals surface area (Å²) < 4.78 is 1.82. The Balaban J connectivity index is 1.54. The fourth-order valence-electron chi connectivity index (χ4n) is 5.30. The summed E-state index contributed by atoms with van der Waals surface area (Å²) in [5.41, 5.74) is 0.711. The second-order valence-corrected chi connectivity index (χ2v) is 9.03. The predicted octanol–water partition coefficient (Wildman–Crippen LogP) is 4.08. The van der Waals surface area contributed by atoms with Gasteiger partial charge in [-0.3, -0.25) is 9.59 Å². The molecule has 2 atom stereocenters. The molecule has 0 N–H and O–H groups in total. The highest BCUT2D eigenvalue weighted by Gasteiger charge is 2.45. The Morgan fingerprint density at radius 3 is 2.62 bits per heavy atom. The van der Waals surface area contributed by atoms with Crippen molar-refractivity contribution in [2.45, 2.75) is 77.3 Å². The molecule has 26 heavy (non-hydrogen) atoms. The van der Waals surface area contributed by atoms with Gasteiger partial charge in [0, 0.05) is 25.8 Å². The zero-order valence-corrected chi connectivity index (χ0v) is 16.2. The van der Waals surface area contributed by atoms with E-state index in [4.69, 9.17) is 0 Å². The molecule has 0 aliphatic heterocycles. The normalized spacial score (nSPS) is 25.5. The molecule has 3 aliphatic carbocycles. The van der Waals surface area contributed by atoms with Gasteiger partial charge in [-0.15, -0.1) is 0 Å². The summed E-state index contributed by atoms with van der Waals surface area (Å²) in [5.74, 6) is 1.08. The monoisotopic (exact) mass is 356 g/mol. The summed E-state index contributed by atoms with van der Waals surface area (Å²) in [6.07, 6.45) is 13.4. The number of hydrogen-bond acceptors (Lipinski definition) is 2. The van der Waals surface area contributed by atoms with Crippen LogP contribution in [0, 0.1) is 17.3 Å². The zero-order valence-electron chi connectivity index (χ0n) is 16.2. The van der Waals surface area contributed by atoms with Crippen LogP contribution in [0.5, 0.6) is 0 Å². The molecule has 3 saturated carbocycles. The Morgan fingerprint density at radius 2 is 1.96 bits per heavy atom. The number of carbonyl (C=O) groups is 1. The van der Waals surface area contributed by atoms with E-state index in [1.54, 1.807) is 11.0 Å². The van der Waals surface area contributed by atoms with Crippen LogP contribution in [0.1, 0.15) is 75.1 Å². The Bertz CT molecular complexity index is 730. The first-order valence-corrected chi connectivity index (χ1v) is 10.5. The third kappa shape index (κ3) is 3.12. The van der Waals surface area contributed by atoms with E-state index >= 15 is 0 Å². The molecule has 0 bridgehead atoms. The summed E-state index contributed by atoms with van der Waals surface area (Å²) in [5, 5.41) is 0. The molecule has 1 amide bonds. The summed E-state index contributed by atoms with van der Waals surface area (Å²) in [7, 11) is 1.84. The van der Waals surface area contributed by atoms with Gasteiger partial charge in [-0.2, -0.15) is 0 Å².